The van der Waals surface area contributed by atoms with Gasteiger partial charge in [-0.3, -0.25) is 4.79 Å². The fourth-order valence-electron chi connectivity index (χ4n) is 2.26. The highest BCUT2D eigenvalue weighted by molar-refractivity contribution is 14.1. The summed E-state index contributed by atoms with van der Waals surface area (Å²) in [6, 6.07) is 5.08. The molecule has 1 aliphatic heterocycles. The van der Waals surface area contributed by atoms with Gasteiger partial charge in [0.2, 0.25) is 0 Å². The number of carbonyl (C=O) groups excluding carboxylic acids is 1. The van der Waals surface area contributed by atoms with Crippen LogP contribution < -0.4 is 0 Å². The van der Waals surface area contributed by atoms with Crippen LogP contribution in [0.25, 0.3) is 0 Å². The van der Waals surface area contributed by atoms with Gasteiger partial charge in [-0.2, -0.15) is 0 Å². The summed E-state index contributed by atoms with van der Waals surface area (Å²) < 4.78 is 0.949. The summed E-state index contributed by atoms with van der Waals surface area (Å²) >= 11 is 7.86. The zero-order valence-electron chi connectivity index (χ0n) is 9.90. The number of aromatic hydroxyl groups is 1. The van der Waals surface area contributed by atoms with E-state index in [9.17, 15) is 9.90 Å². The summed E-state index contributed by atoms with van der Waals surface area (Å²) in [5.41, 5.74) is 0.397. The van der Waals surface area contributed by atoms with Crippen LogP contribution >= 0.6 is 34.2 Å². The number of phenols is 1. The van der Waals surface area contributed by atoms with Crippen molar-refractivity contribution in [1.82, 2.24) is 4.90 Å². The molecule has 1 heterocycles. The van der Waals surface area contributed by atoms with Crippen molar-refractivity contribution in [2.45, 2.75) is 12.8 Å². The number of nitrogens with zero attached hydrogens (tertiary/aromatic N) is 1. The fraction of sp³-hybridized carbons (Fsp3) is 0.462. The molecule has 1 unspecified atom stereocenters. The fourth-order valence-corrected chi connectivity index (χ4v) is 3.06. The van der Waals surface area contributed by atoms with Gasteiger partial charge in [-0.1, -0.05) is 0 Å². The number of alkyl halides is 1. The molecule has 1 saturated heterocycles. The second kappa shape index (κ2) is 6.10. The highest BCUT2D eigenvalue weighted by Crippen LogP contribution is 2.26. The number of hydrogen-bond donors (Lipinski definition) is 1. The number of amides is 1. The highest BCUT2D eigenvalue weighted by Gasteiger charge is 2.27. The van der Waals surface area contributed by atoms with Crippen molar-refractivity contribution in [2.24, 2.45) is 5.92 Å². The number of benzene rings is 1. The van der Waals surface area contributed by atoms with Crippen molar-refractivity contribution in [3.8, 4) is 5.75 Å². The van der Waals surface area contributed by atoms with Crippen LogP contribution in [0.1, 0.15) is 23.2 Å². The Morgan fingerprint density at radius 2 is 2.33 bits per heavy atom. The van der Waals surface area contributed by atoms with Crippen LogP contribution in [0, 0.1) is 9.49 Å². The van der Waals surface area contributed by atoms with E-state index in [1.807, 2.05) is 4.90 Å². The van der Waals surface area contributed by atoms with Crippen molar-refractivity contribution in [3.63, 3.8) is 0 Å². The maximum absolute atomic E-state index is 12.3. The molecule has 5 heteroatoms. The van der Waals surface area contributed by atoms with Gasteiger partial charge in [0.05, 0.1) is 5.56 Å². The predicted octanol–water partition coefficient (Wildman–Crippen LogP) is 3.09. The Labute approximate surface area is 125 Å². The molecule has 0 aliphatic carbocycles. The van der Waals surface area contributed by atoms with E-state index in [-0.39, 0.29) is 11.7 Å². The maximum Gasteiger partial charge on any atom is 0.257 e. The van der Waals surface area contributed by atoms with Crippen LogP contribution in [0.4, 0.5) is 0 Å². The molecule has 1 fully saturated rings. The van der Waals surface area contributed by atoms with E-state index in [1.54, 1.807) is 18.2 Å². The number of halogens is 2. The van der Waals surface area contributed by atoms with Crippen LogP contribution in [0.3, 0.4) is 0 Å². The molecular formula is C13H15ClINO2. The lowest BCUT2D eigenvalue weighted by Crippen LogP contribution is -2.28. The number of phenolic OH excluding ortho intramolecular Hbond substituents is 1. The average molecular weight is 380 g/mol. The van der Waals surface area contributed by atoms with E-state index < -0.39 is 0 Å². The molecule has 1 aromatic carbocycles. The molecule has 18 heavy (non-hydrogen) atoms. The van der Waals surface area contributed by atoms with Crippen LogP contribution in [0.5, 0.6) is 5.75 Å². The van der Waals surface area contributed by atoms with Gasteiger partial charge in [-0.15, -0.1) is 11.6 Å². The van der Waals surface area contributed by atoms with Crippen LogP contribution in [0.15, 0.2) is 18.2 Å². The van der Waals surface area contributed by atoms with Crippen LogP contribution in [-0.2, 0) is 0 Å². The first kappa shape index (κ1) is 13.9. The smallest absolute Gasteiger partial charge is 0.257 e. The second-order valence-corrected chi connectivity index (χ2v) is 6.17. The lowest BCUT2D eigenvalue weighted by atomic mass is 10.1. The first-order chi connectivity index (χ1) is 8.61. The van der Waals surface area contributed by atoms with E-state index in [0.717, 1.165) is 29.5 Å². The first-order valence-corrected chi connectivity index (χ1v) is 7.57. The Kier molecular flexibility index (Phi) is 4.72. The van der Waals surface area contributed by atoms with Gasteiger partial charge < -0.3 is 10.0 Å². The van der Waals surface area contributed by atoms with E-state index in [1.165, 1.54) is 0 Å². The summed E-state index contributed by atoms with van der Waals surface area (Å²) in [4.78, 5) is 14.1. The van der Waals surface area contributed by atoms with E-state index in [0.29, 0.717) is 17.4 Å². The van der Waals surface area contributed by atoms with Gasteiger partial charge in [0.1, 0.15) is 5.75 Å². The first-order valence-electron chi connectivity index (χ1n) is 5.95. The summed E-state index contributed by atoms with van der Waals surface area (Å²) in [6.45, 7) is 1.50. The molecule has 1 aromatic rings. The van der Waals surface area contributed by atoms with Gasteiger partial charge >= 0.3 is 0 Å². The Morgan fingerprint density at radius 3 is 3.06 bits per heavy atom. The predicted molar refractivity (Wildman–Crippen MR) is 80.2 cm³/mol. The van der Waals surface area contributed by atoms with E-state index in [4.69, 9.17) is 11.6 Å². The molecule has 1 N–H and O–H groups in total. The lowest BCUT2D eigenvalue weighted by molar-refractivity contribution is 0.0784. The Hall–Kier alpha value is -0.490. The number of likely N-dealkylation sites (tertiary alicyclic amines) is 1. The number of rotatable bonds is 3. The zero-order chi connectivity index (χ0) is 13.1. The van der Waals surface area contributed by atoms with Gasteiger partial charge in [0, 0.05) is 22.5 Å². The summed E-state index contributed by atoms with van der Waals surface area (Å²) in [5, 5.41) is 9.76. The molecule has 1 amide bonds. The Bertz CT molecular complexity index is 453. The molecule has 3 nitrogen and oxygen atoms in total. The van der Waals surface area contributed by atoms with Gasteiger partial charge in [0.15, 0.2) is 0 Å². The van der Waals surface area contributed by atoms with Crippen molar-refractivity contribution in [1.29, 1.82) is 0 Å². The molecule has 0 aromatic heterocycles. The van der Waals surface area contributed by atoms with Gasteiger partial charge in [0.25, 0.3) is 5.91 Å². The second-order valence-electron chi connectivity index (χ2n) is 4.54. The number of hydrogen-bond acceptors (Lipinski definition) is 2. The highest BCUT2D eigenvalue weighted by atomic mass is 127. The largest absolute Gasteiger partial charge is 0.507 e. The number of carbonyl (C=O) groups is 1. The third-order valence-corrected chi connectivity index (χ3v) is 4.17. The minimum absolute atomic E-state index is 0.0567. The van der Waals surface area contributed by atoms with E-state index in [2.05, 4.69) is 22.6 Å². The SMILES string of the molecule is O=C(c1cc(I)ccc1O)N1CCC(CCCl)C1. The van der Waals surface area contributed by atoms with Crippen molar-refractivity contribution in [2.75, 3.05) is 19.0 Å². The topological polar surface area (TPSA) is 40.5 Å². The Morgan fingerprint density at radius 1 is 1.56 bits per heavy atom. The van der Waals surface area contributed by atoms with Gasteiger partial charge in [-0.25, -0.2) is 0 Å². The monoisotopic (exact) mass is 379 g/mol. The minimum atomic E-state index is -0.0805. The van der Waals surface area contributed by atoms with Gasteiger partial charge in [-0.05, 0) is 59.5 Å². The average Bonchev–Trinajstić information content (AvgIpc) is 2.80. The zero-order valence-corrected chi connectivity index (χ0v) is 12.8. The third kappa shape index (κ3) is 3.09. The molecule has 1 aliphatic rings. The molecule has 0 radical (unpaired) electrons. The van der Waals surface area contributed by atoms with E-state index >= 15 is 0 Å². The molecule has 1 atom stereocenters. The van der Waals surface area contributed by atoms with Crippen molar-refractivity contribution < 1.29 is 9.90 Å². The quantitative estimate of drug-likeness (QED) is 0.648. The summed E-state index contributed by atoms with van der Waals surface area (Å²) in [6.07, 6.45) is 1.95. The van der Waals surface area contributed by atoms with Crippen LogP contribution in [-0.4, -0.2) is 34.9 Å². The molecule has 0 saturated carbocycles. The molecule has 0 spiro atoms. The normalized spacial score (nSPS) is 19.2. The third-order valence-electron chi connectivity index (χ3n) is 3.28. The molecule has 2 rings (SSSR count). The van der Waals surface area contributed by atoms with Crippen molar-refractivity contribution >= 4 is 40.1 Å². The summed E-state index contributed by atoms with van der Waals surface area (Å²) in [7, 11) is 0. The summed E-state index contributed by atoms with van der Waals surface area (Å²) in [5.74, 6) is 1.11. The van der Waals surface area contributed by atoms with Crippen molar-refractivity contribution in [3.05, 3.63) is 27.3 Å². The Balaban J connectivity index is 2.10. The molecule has 98 valence electrons. The minimum Gasteiger partial charge on any atom is -0.507 e. The maximum atomic E-state index is 12.3. The lowest BCUT2D eigenvalue weighted by Gasteiger charge is -2.17. The molecule has 0 bridgehead atoms. The molecular weight excluding hydrogens is 365 g/mol. The standard InChI is InChI=1S/C13H15ClINO2/c14-5-3-9-4-6-16(8-9)13(18)11-7-10(15)1-2-12(11)17/h1-2,7,9,17H,3-6,8H2. The van der Waals surface area contributed by atoms with Crippen LogP contribution in [0.2, 0.25) is 0 Å².